The fraction of sp³-hybridized carbons (Fsp3) is 0.0625. The number of rotatable bonds is 5. The van der Waals surface area contributed by atoms with Crippen LogP contribution in [0.2, 0.25) is 5.02 Å². The first-order chi connectivity index (χ1) is 12.5. The van der Waals surface area contributed by atoms with Gasteiger partial charge in [-0.2, -0.15) is 5.10 Å². The number of fused-ring (bicyclic) bond motifs is 1. The summed E-state index contributed by atoms with van der Waals surface area (Å²) in [5.41, 5.74) is 1.85. The van der Waals surface area contributed by atoms with E-state index in [1.54, 1.807) is 47.4 Å². The lowest BCUT2D eigenvalue weighted by atomic mass is 10.2. The number of hydrogen-bond donors (Lipinski definition) is 1. The maximum absolute atomic E-state index is 12.7. The van der Waals surface area contributed by atoms with E-state index in [0.717, 1.165) is 5.56 Å². The Morgan fingerprint density at radius 1 is 1.15 bits per heavy atom. The predicted molar refractivity (Wildman–Crippen MR) is 95.4 cm³/mol. The number of aromatic nitrogens is 4. The van der Waals surface area contributed by atoms with Gasteiger partial charge in [0.1, 0.15) is 10.4 Å². The van der Waals surface area contributed by atoms with Gasteiger partial charge in [0.05, 0.1) is 17.8 Å². The van der Waals surface area contributed by atoms with Crippen LogP contribution >= 0.6 is 11.6 Å². The molecule has 0 amide bonds. The summed E-state index contributed by atoms with van der Waals surface area (Å²) in [7, 11) is -3.85. The second kappa shape index (κ2) is 6.43. The van der Waals surface area contributed by atoms with Crippen molar-refractivity contribution in [3.63, 3.8) is 0 Å². The van der Waals surface area contributed by atoms with Crippen molar-refractivity contribution in [2.24, 2.45) is 0 Å². The van der Waals surface area contributed by atoms with Gasteiger partial charge in [-0.05, 0) is 40.1 Å². The van der Waals surface area contributed by atoms with Crippen molar-refractivity contribution in [1.29, 1.82) is 0 Å². The van der Waals surface area contributed by atoms with Gasteiger partial charge in [-0.3, -0.25) is 9.40 Å². The van der Waals surface area contributed by atoms with Crippen LogP contribution in [0.3, 0.4) is 0 Å². The molecule has 4 aromatic rings. The van der Waals surface area contributed by atoms with Crippen LogP contribution in [0.1, 0.15) is 5.56 Å². The molecule has 1 N–H and O–H groups in total. The van der Waals surface area contributed by atoms with Crippen LogP contribution in [0.15, 0.2) is 64.4 Å². The van der Waals surface area contributed by atoms with E-state index in [2.05, 4.69) is 24.8 Å². The minimum atomic E-state index is -3.85. The van der Waals surface area contributed by atoms with Gasteiger partial charge in [0, 0.05) is 11.9 Å². The molecule has 8 nitrogen and oxygen atoms in total. The Labute approximate surface area is 153 Å². The molecule has 0 unspecified atom stereocenters. The quantitative estimate of drug-likeness (QED) is 0.563. The van der Waals surface area contributed by atoms with Crippen LogP contribution in [0.25, 0.3) is 11.0 Å². The van der Waals surface area contributed by atoms with Gasteiger partial charge in [-0.25, -0.2) is 13.0 Å². The van der Waals surface area contributed by atoms with E-state index in [1.807, 2.05) is 6.07 Å². The molecular weight excluding hydrogens is 378 g/mol. The third-order valence-corrected chi connectivity index (χ3v) is 5.27. The van der Waals surface area contributed by atoms with Crippen molar-refractivity contribution in [2.45, 2.75) is 11.4 Å². The molecule has 0 bridgehead atoms. The molecule has 0 fully saturated rings. The number of sulfonamides is 1. The molecule has 132 valence electrons. The van der Waals surface area contributed by atoms with E-state index in [0.29, 0.717) is 22.8 Å². The van der Waals surface area contributed by atoms with Crippen LogP contribution < -0.4 is 4.72 Å². The molecule has 0 saturated carbocycles. The van der Waals surface area contributed by atoms with E-state index in [4.69, 9.17) is 11.6 Å². The molecule has 10 heteroatoms. The van der Waals surface area contributed by atoms with Crippen molar-refractivity contribution in [1.82, 2.24) is 20.1 Å². The second-order valence-corrected chi connectivity index (χ2v) is 7.64. The second-order valence-electron chi connectivity index (χ2n) is 5.55. The zero-order chi connectivity index (χ0) is 18.1. The number of hydrogen-bond acceptors (Lipinski definition) is 6. The van der Waals surface area contributed by atoms with Gasteiger partial charge in [0.25, 0.3) is 10.0 Å². The zero-order valence-electron chi connectivity index (χ0n) is 13.2. The van der Waals surface area contributed by atoms with Gasteiger partial charge in [0.15, 0.2) is 5.52 Å². The summed E-state index contributed by atoms with van der Waals surface area (Å²) in [6, 6.07) is 11.7. The van der Waals surface area contributed by atoms with Gasteiger partial charge >= 0.3 is 0 Å². The summed E-state index contributed by atoms with van der Waals surface area (Å²) in [5, 5.41) is 12.0. The summed E-state index contributed by atoms with van der Waals surface area (Å²) in [5.74, 6) is 0. The van der Waals surface area contributed by atoms with Crippen LogP contribution in [0.5, 0.6) is 0 Å². The highest BCUT2D eigenvalue weighted by atomic mass is 35.5. The minimum Gasteiger partial charge on any atom is -0.280 e. The summed E-state index contributed by atoms with van der Waals surface area (Å²) in [4.78, 5) is 0.000473. The lowest BCUT2D eigenvalue weighted by Crippen LogP contribution is -2.13. The third-order valence-electron chi connectivity index (χ3n) is 3.66. The summed E-state index contributed by atoms with van der Waals surface area (Å²) >= 11 is 5.86. The fourth-order valence-corrected chi connectivity index (χ4v) is 3.91. The molecule has 0 spiro atoms. The SMILES string of the molecule is O=S(=O)(Nc1cccc(Cn2cc(Cl)cn2)c1)c1cccc2nonc12. The smallest absolute Gasteiger partial charge is 0.264 e. The maximum atomic E-state index is 12.7. The van der Waals surface area contributed by atoms with E-state index >= 15 is 0 Å². The lowest BCUT2D eigenvalue weighted by molar-refractivity contribution is 0.315. The number of benzene rings is 2. The average molecular weight is 390 g/mol. The molecule has 2 aromatic heterocycles. The molecule has 2 heterocycles. The molecule has 0 aliphatic carbocycles. The van der Waals surface area contributed by atoms with Crippen LogP contribution in [-0.4, -0.2) is 28.5 Å². The first kappa shape index (κ1) is 16.6. The van der Waals surface area contributed by atoms with E-state index in [1.165, 1.54) is 6.07 Å². The molecule has 0 atom stereocenters. The zero-order valence-corrected chi connectivity index (χ0v) is 14.8. The Hall–Kier alpha value is -2.91. The predicted octanol–water partition coefficient (Wildman–Crippen LogP) is 2.92. The number of anilines is 1. The minimum absolute atomic E-state index is 0.000473. The highest BCUT2D eigenvalue weighted by Crippen LogP contribution is 2.23. The van der Waals surface area contributed by atoms with Crippen LogP contribution in [0.4, 0.5) is 5.69 Å². The van der Waals surface area contributed by atoms with Crippen molar-refractivity contribution < 1.29 is 13.0 Å². The van der Waals surface area contributed by atoms with Crippen LogP contribution in [-0.2, 0) is 16.6 Å². The van der Waals surface area contributed by atoms with Crippen molar-refractivity contribution in [2.75, 3.05) is 4.72 Å². The standard InChI is InChI=1S/C16H12ClN5O3S/c17-12-8-18-22(10-12)9-11-3-1-4-13(7-11)21-26(23,24)15-6-2-5-14-16(15)20-25-19-14/h1-8,10,21H,9H2. The number of halogens is 1. The van der Waals surface area contributed by atoms with E-state index < -0.39 is 10.0 Å². The normalized spacial score (nSPS) is 11.7. The Morgan fingerprint density at radius 3 is 2.81 bits per heavy atom. The largest absolute Gasteiger partial charge is 0.280 e. The Morgan fingerprint density at radius 2 is 2.00 bits per heavy atom. The summed E-state index contributed by atoms with van der Waals surface area (Å²) in [6.45, 7) is 0.463. The third kappa shape index (κ3) is 3.26. The fourth-order valence-electron chi connectivity index (χ4n) is 2.55. The van der Waals surface area contributed by atoms with Crippen LogP contribution in [0, 0.1) is 0 Å². The van der Waals surface area contributed by atoms with Gasteiger partial charge in [-0.15, -0.1) is 0 Å². The monoisotopic (exact) mass is 389 g/mol. The average Bonchev–Trinajstić information content (AvgIpc) is 3.23. The van der Waals surface area contributed by atoms with Crippen molar-refractivity contribution >= 4 is 38.3 Å². The molecular formula is C16H12ClN5O3S. The molecule has 2 aromatic carbocycles. The molecule has 0 aliphatic rings. The molecule has 26 heavy (non-hydrogen) atoms. The molecule has 0 aliphatic heterocycles. The topological polar surface area (TPSA) is 103 Å². The highest BCUT2D eigenvalue weighted by molar-refractivity contribution is 7.93. The maximum Gasteiger partial charge on any atom is 0.264 e. The van der Waals surface area contributed by atoms with Crippen molar-refractivity contribution in [3.8, 4) is 0 Å². The Kier molecular flexibility index (Phi) is 4.09. The number of nitrogens with zero attached hydrogens (tertiary/aromatic N) is 4. The Balaban J connectivity index is 1.62. The molecule has 0 radical (unpaired) electrons. The summed E-state index contributed by atoms with van der Waals surface area (Å²) < 4.78 is 34.3. The van der Waals surface area contributed by atoms with Crippen molar-refractivity contribution in [3.05, 3.63) is 65.4 Å². The van der Waals surface area contributed by atoms with Gasteiger partial charge in [-0.1, -0.05) is 29.8 Å². The summed E-state index contributed by atoms with van der Waals surface area (Å²) in [6.07, 6.45) is 3.23. The number of nitrogens with one attached hydrogen (secondary N) is 1. The Bertz CT molecular complexity index is 1190. The van der Waals surface area contributed by atoms with E-state index in [9.17, 15) is 8.42 Å². The van der Waals surface area contributed by atoms with Gasteiger partial charge in [0.2, 0.25) is 0 Å². The lowest BCUT2D eigenvalue weighted by Gasteiger charge is -2.10. The first-order valence-corrected chi connectivity index (χ1v) is 9.38. The molecule has 0 saturated heterocycles. The highest BCUT2D eigenvalue weighted by Gasteiger charge is 2.20. The van der Waals surface area contributed by atoms with Gasteiger partial charge < -0.3 is 0 Å². The molecule has 4 rings (SSSR count). The van der Waals surface area contributed by atoms with E-state index in [-0.39, 0.29) is 10.4 Å². The first-order valence-electron chi connectivity index (χ1n) is 7.52.